The summed E-state index contributed by atoms with van der Waals surface area (Å²) in [5.41, 5.74) is 0. The van der Waals surface area contributed by atoms with Crippen molar-refractivity contribution in [3.05, 3.63) is 0 Å². The Labute approximate surface area is 190 Å². The van der Waals surface area contributed by atoms with E-state index in [4.69, 9.17) is 28.4 Å². The molecule has 1 saturated heterocycles. The van der Waals surface area contributed by atoms with Gasteiger partial charge in [-0.05, 0) is 0 Å². The lowest BCUT2D eigenvalue weighted by Gasteiger charge is -2.44. The first-order valence-corrected chi connectivity index (χ1v) is 10.0. The molecule has 0 aliphatic carbocycles. The Morgan fingerprint density at radius 1 is 0.818 bits per heavy atom. The van der Waals surface area contributed by atoms with Gasteiger partial charge in [0.05, 0.1) is 6.04 Å². The monoisotopic (exact) mass is 475 g/mol. The molecule has 1 aliphatic rings. The summed E-state index contributed by atoms with van der Waals surface area (Å²) in [6.45, 7) is 6.23. The molecule has 0 bridgehead atoms. The average Bonchev–Trinajstić information content (AvgIpc) is 2.63. The Bertz CT molecular complexity index is 766. The first-order chi connectivity index (χ1) is 15.3. The molecule has 33 heavy (non-hydrogen) atoms. The molecule has 1 aliphatic heterocycles. The van der Waals surface area contributed by atoms with Crippen LogP contribution in [-0.4, -0.2) is 79.1 Å². The number of rotatable bonds is 9. The van der Waals surface area contributed by atoms with Gasteiger partial charge in [-0.1, -0.05) is 0 Å². The Balaban J connectivity index is 3.49. The van der Waals surface area contributed by atoms with Crippen molar-refractivity contribution >= 4 is 35.8 Å². The summed E-state index contributed by atoms with van der Waals surface area (Å²) in [4.78, 5) is 70.0. The predicted molar refractivity (Wildman–Crippen MR) is 106 cm³/mol. The molecule has 0 aromatic heterocycles. The van der Waals surface area contributed by atoms with Crippen molar-refractivity contribution in [2.45, 2.75) is 84.7 Å². The quantitative estimate of drug-likeness (QED) is 0.336. The van der Waals surface area contributed by atoms with Crippen LogP contribution in [0.25, 0.3) is 0 Å². The van der Waals surface area contributed by atoms with Crippen molar-refractivity contribution in [2.24, 2.45) is 0 Å². The summed E-state index contributed by atoms with van der Waals surface area (Å²) >= 11 is 0. The van der Waals surface area contributed by atoms with Crippen LogP contribution in [0.5, 0.6) is 0 Å². The first-order valence-electron chi connectivity index (χ1n) is 10.0. The minimum Gasteiger partial charge on any atom is -0.462 e. The van der Waals surface area contributed by atoms with Gasteiger partial charge in [0.25, 0.3) is 0 Å². The second-order valence-corrected chi connectivity index (χ2v) is 7.27. The van der Waals surface area contributed by atoms with Crippen molar-refractivity contribution < 1.29 is 57.2 Å². The summed E-state index contributed by atoms with van der Waals surface area (Å²) in [6, 6.07) is -1.11. The summed E-state index contributed by atoms with van der Waals surface area (Å²) in [7, 11) is 0. The normalized spacial score (nSPS) is 23.8. The zero-order valence-corrected chi connectivity index (χ0v) is 19.3. The molecule has 0 aromatic carbocycles. The lowest BCUT2D eigenvalue weighted by molar-refractivity contribution is -0.255. The lowest BCUT2D eigenvalue weighted by atomic mass is 9.91. The highest BCUT2D eigenvalue weighted by Crippen LogP contribution is 2.29. The van der Waals surface area contributed by atoms with Crippen LogP contribution < -0.4 is 5.32 Å². The number of nitrogens with one attached hydrogen (secondary N) is 1. The molecule has 0 radical (unpaired) electrons. The van der Waals surface area contributed by atoms with E-state index in [0.717, 1.165) is 34.6 Å². The number of carbonyl (C=O) groups is 6. The van der Waals surface area contributed by atoms with E-state index in [1.54, 1.807) is 0 Å². The van der Waals surface area contributed by atoms with Gasteiger partial charge in [0.1, 0.15) is 18.8 Å². The SMILES string of the molecule is CC(=O)N[C@H]1[C@H]([C@H](OC(C)=O)[C@@H](COC(C)=O)OC(C)=O)OC(OC(C)=O)C[C@@H]1OC(C)=O. The molecule has 13 nitrogen and oxygen atoms in total. The van der Waals surface area contributed by atoms with E-state index in [9.17, 15) is 28.8 Å². The van der Waals surface area contributed by atoms with Crippen molar-refractivity contribution in [3.63, 3.8) is 0 Å². The van der Waals surface area contributed by atoms with E-state index in [1.165, 1.54) is 6.92 Å². The standard InChI is InChI=1S/C20H29NO12/c1-9(22)21-18-15(29-11(3)24)7-17(31-13(5)26)33-20(18)19(32-14(6)27)16(30-12(4)25)8-28-10(2)23/h15-20H,7-8H2,1-6H3,(H,21,22)/t15-,16+,17?,18+,19+,20+/m0/s1. The van der Waals surface area contributed by atoms with Gasteiger partial charge < -0.3 is 33.7 Å². The number of esters is 5. The van der Waals surface area contributed by atoms with E-state index in [-0.39, 0.29) is 6.42 Å². The zero-order chi connectivity index (χ0) is 25.3. The van der Waals surface area contributed by atoms with Crippen LogP contribution >= 0.6 is 0 Å². The molecular weight excluding hydrogens is 446 g/mol. The maximum absolute atomic E-state index is 11.9. The average molecular weight is 475 g/mol. The van der Waals surface area contributed by atoms with Crippen molar-refractivity contribution in [3.8, 4) is 0 Å². The van der Waals surface area contributed by atoms with Crippen molar-refractivity contribution in [1.82, 2.24) is 5.32 Å². The van der Waals surface area contributed by atoms with Crippen LogP contribution in [0.2, 0.25) is 0 Å². The molecule has 0 spiro atoms. The topological polar surface area (TPSA) is 170 Å². The van der Waals surface area contributed by atoms with Crippen LogP contribution in [0.4, 0.5) is 0 Å². The maximum Gasteiger partial charge on any atom is 0.304 e. The molecule has 0 aromatic rings. The van der Waals surface area contributed by atoms with Gasteiger partial charge in [0.15, 0.2) is 12.2 Å². The molecule has 0 saturated carbocycles. The van der Waals surface area contributed by atoms with Crippen LogP contribution in [0, 0.1) is 0 Å². The van der Waals surface area contributed by atoms with Gasteiger partial charge in [-0.25, -0.2) is 0 Å². The van der Waals surface area contributed by atoms with E-state index >= 15 is 0 Å². The molecule has 1 unspecified atom stereocenters. The van der Waals surface area contributed by atoms with Crippen LogP contribution in [0.3, 0.4) is 0 Å². The smallest absolute Gasteiger partial charge is 0.304 e. The van der Waals surface area contributed by atoms with Crippen LogP contribution in [0.15, 0.2) is 0 Å². The maximum atomic E-state index is 11.9. The number of hydrogen-bond donors (Lipinski definition) is 1. The van der Waals surface area contributed by atoms with Gasteiger partial charge in [-0.3, -0.25) is 28.8 Å². The Morgan fingerprint density at radius 3 is 1.85 bits per heavy atom. The summed E-state index contributed by atoms with van der Waals surface area (Å²) in [5, 5.41) is 2.57. The first kappa shape index (κ1) is 27.8. The largest absolute Gasteiger partial charge is 0.462 e. The zero-order valence-electron chi connectivity index (χ0n) is 19.3. The molecule has 1 heterocycles. The molecule has 13 heteroatoms. The highest BCUT2D eigenvalue weighted by atomic mass is 16.7. The molecule has 186 valence electrons. The van der Waals surface area contributed by atoms with E-state index in [2.05, 4.69) is 5.32 Å². The summed E-state index contributed by atoms with van der Waals surface area (Å²) in [6.07, 6.45) is -6.65. The second-order valence-electron chi connectivity index (χ2n) is 7.27. The summed E-state index contributed by atoms with van der Waals surface area (Å²) < 4.78 is 31.7. The fraction of sp³-hybridized carbons (Fsp3) is 0.700. The molecule has 1 rings (SSSR count). The fourth-order valence-corrected chi connectivity index (χ4v) is 3.31. The van der Waals surface area contributed by atoms with Gasteiger partial charge in [-0.15, -0.1) is 0 Å². The number of amides is 1. The third kappa shape index (κ3) is 9.85. The molecular formula is C20H29NO12. The number of hydrogen-bond acceptors (Lipinski definition) is 12. The van der Waals surface area contributed by atoms with Crippen LogP contribution in [-0.2, 0) is 57.2 Å². The van der Waals surface area contributed by atoms with Crippen molar-refractivity contribution in [2.75, 3.05) is 6.61 Å². The molecule has 1 N–H and O–H groups in total. The second kappa shape index (κ2) is 12.7. The van der Waals surface area contributed by atoms with E-state index in [0.29, 0.717) is 0 Å². The van der Waals surface area contributed by atoms with Gasteiger partial charge in [0.2, 0.25) is 12.2 Å². The van der Waals surface area contributed by atoms with Gasteiger partial charge >= 0.3 is 29.8 Å². The molecule has 1 fully saturated rings. The van der Waals surface area contributed by atoms with Crippen molar-refractivity contribution in [1.29, 1.82) is 0 Å². The predicted octanol–water partition coefficient (Wildman–Crippen LogP) is -0.473. The lowest BCUT2D eigenvalue weighted by Crippen LogP contribution is -2.64. The van der Waals surface area contributed by atoms with Gasteiger partial charge in [-0.2, -0.15) is 0 Å². The highest BCUT2D eigenvalue weighted by molar-refractivity contribution is 5.74. The summed E-state index contributed by atoms with van der Waals surface area (Å²) in [5.74, 6) is -4.25. The van der Waals surface area contributed by atoms with Crippen LogP contribution in [0.1, 0.15) is 48.0 Å². The highest BCUT2D eigenvalue weighted by Gasteiger charge is 2.50. The van der Waals surface area contributed by atoms with E-state index in [1.807, 2.05) is 0 Å². The van der Waals surface area contributed by atoms with Gasteiger partial charge in [0, 0.05) is 48.0 Å². The molecule has 6 atom stereocenters. The Kier molecular flexibility index (Phi) is 10.7. The third-order valence-corrected chi connectivity index (χ3v) is 4.23. The fourth-order valence-electron chi connectivity index (χ4n) is 3.31. The molecule has 1 amide bonds. The minimum absolute atomic E-state index is 0.143. The Hall–Kier alpha value is -3.22. The van der Waals surface area contributed by atoms with E-state index < -0.39 is 79.1 Å². The number of ether oxygens (including phenoxy) is 6. The third-order valence-electron chi connectivity index (χ3n) is 4.23. The number of carbonyl (C=O) groups excluding carboxylic acids is 6. The minimum atomic E-state index is -1.46. The Morgan fingerprint density at radius 2 is 1.39 bits per heavy atom.